The van der Waals surface area contributed by atoms with Gasteiger partial charge in [-0.1, -0.05) is 55.7 Å². The number of carbonyl (C=O) groups is 1. The summed E-state index contributed by atoms with van der Waals surface area (Å²) in [6, 6.07) is 14.5. The largest absolute Gasteiger partial charge is 0.478 e. The van der Waals surface area contributed by atoms with Crippen LogP contribution in [-0.2, 0) is 6.54 Å². The first-order valence-corrected chi connectivity index (χ1v) is 9.88. The maximum absolute atomic E-state index is 11.4. The van der Waals surface area contributed by atoms with Gasteiger partial charge in [0.2, 0.25) is 0 Å². The predicted molar refractivity (Wildman–Crippen MR) is 109 cm³/mol. The van der Waals surface area contributed by atoms with E-state index in [1.807, 2.05) is 6.07 Å². The van der Waals surface area contributed by atoms with E-state index in [9.17, 15) is 9.90 Å². The van der Waals surface area contributed by atoms with Gasteiger partial charge in [-0.2, -0.15) is 0 Å². The van der Waals surface area contributed by atoms with Crippen LogP contribution in [0.15, 0.2) is 48.5 Å². The van der Waals surface area contributed by atoms with E-state index < -0.39 is 5.97 Å². The topological polar surface area (TPSA) is 42.2 Å². The molecule has 1 aromatic heterocycles. The van der Waals surface area contributed by atoms with Crippen molar-refractivity contribution in [3.63, 3.8) is 0 Å². The molecular formula is C24H23NO2. The van der Waals surface area contributed by atoms with Crippen LogP contribution >= 0.6 is 0 Å². The highest BCUT2D eigenvalue weighted by Gasteiger charge is 2.19. The third kappa shape index (κ3) is 2.78. The zero-order chi connectivity index (χ0) is 18.4. The van der Waals surface area contributed by atoms with E-state index in [-0.39, 0.29) is 0 Å². The van der Waals surface area contributed by atoms with Gasteiger partial charge in [0.05, 0.1) is 5.56 Å². The quantitative estimate of drug-likeness (QED) is 0.604. The van der Waals surface area contributed by atoms with Gasteiger partial charge in [-0.15, -0.1) is 0 Å². The number of aromatic nitrogens is 1. The molecule has 3 aromatic rings. The van der Waals surface area contributed by atoms with E-state index in [0.29, 0.717) is 11.5 Å². The van der Waals surface area contributed by atoms with Crippen molar-refractivity contribution in [2.75, 3.05) is 0 Å². The summed E-state index contributed by atoms with van der Waals surface area (Å²) in [6.07, 6.45) is 11.1. The Morgan fingerprint density at radius 2 is 1.85 bits per heavy atom. The van der Waals surface area contributed by atoms with Crippen molar-refractivity contribution in [2.24, 2.45) is 0 Å². The van der Waals surface area contributed by atoms with Gasteiger partial charge in [-0.3, -0.25) is 0 Å². The van der Waals surface area contributed by atoms with Gasteiger partial charge in [0.1, 0.15) is 0 Å². The first kappa shape index (κ1) is 16.4. The molecule has 0 spiro atoms. The summed E-state index contributed by atoms with van der Waals surface area (Å²) >= 11 is 0. The standard InChI is InChI=1S/C24H23NO2/c26-24(27)20-9-8-19-14-23-21-11-10-17(16-5-2-1-3-6-16)13-18(21)7-4-12-25(23)22(19)15-20/h4,7-11,13-16H,1-3,5-6,12H2,(H,26,27). The van der Waals surface area contributed by atoms with Crippen molar-refractivity contribution in [3.05, 3.63) is 65.2 Å². The Bertz CT molecular complexity index is 1070. The first-order chi connectivity index (χ1) is 13.2. The second-order valence-corrected chi connectivity index (χ2v) is 7.80. The highest BCUT2D eigenvalue weighted by molar-refractivity contribution is 5.96. The number of nitrogens with zero attached hydrogens (tertiary/aromatic N) is 1. The van der Waals surface area contributed by atoms with E-state index in [2.05, 4.69) is 41.0 Å². The van der Waals surface area contributed by atoms with Gasteiger partial charge in [0, 0.05) is 28.7 Å². The number of benzene rings is 2. The Labute approximate surface area is 158 Å². The van der Waals surface area contributed by atoms with Crippen LogP contribution in [0.5, 0.6) is 0 Å². The molecule has 5 rings (SSSR count). The van der Waals surface area contributed by atoms with E-state index >= 15 is 0 Å². The zero-order valence-corrected chi connectivity index (χ0v) is 15.3. The average molecular weight is 357 g/mol. The Hall–Kier alpha value is -2.81. The molecule has 136 valence electrons. The van der Waals surface area contributed by atoms with Crippen molar-refractivity contribution in [1.82, 2.24) is 4.57 Å². The average Bonchev–Trinajstić information content (AvgIpc) is 2.96. The van der Waals surface area contributed by atoms with Crippen LogP contribution in [-0.4, -0.2) is 15.6 Å². The second-order valence-electron chi connectivity index (χ2n) is 7.80. The molecule has 0 bridgehead atoms. The zero-order valence-electron chi connectivity index (χ0n) is 15.3. The molecule has 0 unspecified atom stereocenters. The van der Waals surface area contributed by atoms with Crippen LogP contribution in [0.4, 0.5) is 0 Å². The molecule has 1 N–H and O–H groups in total. The van der Waals surface area contributed by atoms with E-state index in [0.717, 1.165) is 17.4 Å². The number of aromatic carboxylic acids is 1. The predicted octanol–water partition coefficient (Wildman–Crippen LogP) is 6.08. The first-order valence-electron chi connectivity index (χ1n) is 9.88. The Morgan fingerprint density at radius 1 is 1.00 bits per heavy atom. The number of hydrogen-bond acceptors (Lipinski definition) is 1. The van der Waals surface area contributed by atoms with Crippen LogP contribution in [0.25, 0.3) is 28.2 Å². The smallest absolute Gasteiger partial charge is 0.335 e. The molecule has 2 aliphatic rings. The summed E-state index contributed by atoms with van der Waals surface area (Å²) in [4.78, 5) is 11.4. The van der Waals surface area contributed by atoms with Crippen LogP contribution in [0.3, 0.4) is 0 Å². The lowest BCUT2D eigenvalue weighted by Gasteiger charge is -2.22. The lowest BCUT2D eigenvalue weighted by atomic mass is 9.83. The summed E-state index contributed by atoms with van der Waals surface area (Å²) in [5, 5.41) is 10.4. The van der Waals surface area contributed by atoms with E-state index in [1.165, 1.54) is 54.5 Å². The molecular weight excluding hydrogens is 334 g/mol. The van der Waals surface area contributed by atoms with Crippen LogP contribution in [0.1, 0.15) is 59.5 Å². The highest BCUT2D eigenvalue weighted by Crippen LogP contribution is 2.38. The Balaban J connectivity index is 1.63. The highest BCUT2D eigenvalue weighted by atomic mass is 16.4. The fourth-order valence-electron chi connectivity index (χ4n) is 4.73. The van der Waals surface area contributed by atoms with Gasteiger partial charge < -0.3 is 9.67 Å². The molecule has 0 saturated heterocycles. The summed E-state index contributed by atoms with van der Waals surface area (Å²) in [6.45, 7) is 0.759. The number of rotatable bonds is 2. The molecule has 2 aromatic carbocycles. The SMILES string of the molecule is O=C(O)c1ccc2cc3n(c2c1)CC=Cc1cc(C2CCCCC2)ccc1-3. The normalized spacial score (nSPS) is 16.7. The molecule has 1 fully saturated rings. The maximum atomic E-state index is 11.4. The van der Waals surface area contributed by atoms with Crippen LogP contribution in [0.2, 0.25) is 0 Å². The molecule has 3 heteroatoms. The monoisotopic (exact) mass is 357 g/mol. The fraction of sp³-hybridized carbons (Fsp3) is 0.292. The molecule has 1 aliphatic heterocycles. The molecule has 0 atom stereocenters. The van der Waals surface area contributed by atoms with E-state index in [4.69, 9.17) is 0 Å². The Kier molecular flexibility index (Phi) is 3.89. The van der Waals surface area contributed by atoms with Crippen molar-refractivity contribution in [3.8, 4) is 11.3 Å². The van der Waals surface area contributed by atoms with Gasteiger partial charge >= 0.3 is 5.97 Å². The lowest BCUT2D eigenvalue weighted by molar-refractivity contribution is 0.0697. The minimum absolute atomic E-state index is 0.337. The molecule has 0 amide bonds. The second kappa shape index (κ2) is 6.41. The van der Waals surface area contributed by atoms with Gasteiger partial charge in [-0.05, 0) is 48.1 Å². The third-order valence-corrected chi connectivity index (χ3v) is 6.16. The van der Waals surface area contributed by atoms with Crippen molar-refractivity contribution in [2.45, 2.75) is 44.6 Å². The van der Waals surface area contributed by atoms with Crippen molar-refractivity contribution < 1.29 is 9.90 Å². The summed E-state index contributed by atoms with van der Waals surface area (Å²) in [7, 11) is 0. The maximum Gasteiger partial charge on any atom is 0.335 e. The summed E-state index contributed by atoms with van der Waals surface area (Å²) in [5.74, 6) is -0.182. The Morgan fingerprint density at radius 3 is 2.67 bits per heavy atom. The molecule has 1 saturated carbocycles. The third-order valence-electron chi connectivity index (χ3n) is 6.16. The molecule has 3 nitrogen and oxygen atoms in total. The minimum atomic E-state index is -0.880. The van der Waals surface area contributed by atoms with Crippen molar-refractivity contribution in [1.29, 1.82) is 0 Å². The molecule has 27 heavy (non-hydrogen) atoms. The summed E-state index contributed by atoms with van der Waals surface area (Å²) < 4.78 is 2.23. The number of allylic oxidation sites excluding steroid dienone is 1. The fourth-order valence-corrected chi connectivity index (χ4v) is 4.73. The van der Waals surface area contributed by atoms with Gasteiger partial charge in [0.25, 0.3) is 0 Å². The van der Waals surface area contributed by atoms with Gasteiger partial charge in [-0.25, -0.2) is 4.79 Å². The van der Waals surface area contributed by atoms with Gasteiger partial charge in [0.15, 0.2) is 0 Å². The number of fused-ring (bicyclic) bond motifs is 5. The lowest BCUT2D eigenvalue weighted by Crippen LogP contribution is -2.05. The van der Waals surface area contributed by atoms with Crippen molar-refractivity contribution >= 4 is 22.9 Å². The molecule has 2 heterocycles. The van der Waals surface area contributed by atoms with Crippen LogP contribution < -0.4 is 0 Å². The van der Waals surface area contributed by atoms with E-state index in [1.54, 1.807) is 12.1 Å². The number of carboxylic acids is 1. The number of hydrogen-bond donors (Lipinski definition) is 1. The molecule has 1 aliphatic carbocycles. The molecule has 0 radical (unpaired) electrons. The number of carboxylic acid groups (broad SMARTS) is 1. The van der Waals surface area contributed by atoms with Crippen LogP contribution in [0, 0.1) is 0 Å². The summed E-state index contributed by atoms with van der Waals surface area (Å²) in [5.41, 5.74) is 6.47. The minimum Gasteiger partial charge on any atom is -0.478 e.